The Morgan fingerprint density at radius 3 is 2.27 bits per heavy atom. The zero-order valence-corrected chi connectivity index (χ0v) is 20.7. The van der Waals surface area contributed by atoms with Crippen LogP contribution in [0.1, 0.15) is 31.9 Å². The fourth-order valence-electron chi connectivity index (χ4n) is 3.52. The minimum absolute atomic E-state index is 0.0206. The van der Waals surface area contributed by atoms with E-state index in [0.29, 0.717) is 5.39 Å². The Bertz CT molecular complexity index is 1330. The third-order valence-corrected chi connectivity index (χ3v) is 5.17. The van der Waals surface area contributed by atoms with E-state index in [2.05, 4.69) is 4.99 Å². The average molecular weight is 510 g/mol. The molecule has 10 heteroatoms. The molecule has 2 aromatic carbocycles. The lowest BCUT2D eigenvalue weighted by Gasteiger charge is -2.26. The van der Waals surface area contributed by atoms with Gasteiger partial charge in [-0.15, -0.1) is 0 Å². The molecule has 1 heterocycles. The summed E-state index contributed by atoms with van der Waals surface area (Å²) in [6.45, 7) is 4.45. The third-order valence-electron chi connectivity index (χ3n) is 5.17. The number of ether oxygens (including phenoxy) is 4. The van der Waals surface area contributed by atoms with E-state index in [0.717, 1.165) is 12.0 Å². The Morgan fingerprint density at radius 1 is 0.973 bits per heavy atom. The second kappa shape index (κ2) is 12.5. The number of benzene rings is 2. The molecule has 0 saturated heterocycles. The third kappa shape index (κ3) is 6.81. The minimum atomic E-state index is -2.21. The molecule has 0 bridgehead atoms. The molecule has 0 atom stereocenters. The van der Waals surface area contributed by atoms with Crippen LogP contribution in [0.3, 0.4) is 0 Å². The highest BCUT2D eigenvalue weighted by Gasteiger charge is 2.50. The van der Waals surface area contributed by atoms with Crippen LogP contribution in [-0.2, 0) is 41.6 Å². The van der Waals surface area contributed by atoms with Gasteiger partial charge in [0.05, 0.1) is 13.2 Å². The molecule has 3 aromatic rings. The van der Waals surface area contributed by atoms with Crippen LogP contribution < -0.4 is 10.4 Å². The first-order valence-electron chi connectivity index (χ1n) is 11.6. The first kappa shape index (κ1) is 27.1. The van der Waals surface area contributed by atoms with Gasteiger partial charge in [-0.3, -0.25) is 4.79 Å². The summed E-state index contributed by atoms with van der Waals surface area (Å²) in [5.41, 5.74) is -1.56. The van der Waals surface area contributed by atoms with Gasteiger partial charge in [0.15, 0.2) is 6.40 Å². The summed E-state index contributed by atoms with van der Waals surface area (Å²) in [5.74, 6) is -2.62. The van der Waals surface area contributed by atoms with Gasteiger partial charge in [0.25, 0.3) is 5.54 Å². The van der Waals surface area contributed by atoms with Gasteiger partial charge in [-0.25, -0.2) is 19.4 Å². The van der Waals surface area contributed by atoms with Crippen LogP contribution in [0.25, 0.3) is 11.0 Å². The summed E-state index contributed by atoms with van der Waals surface area (Å²) in [6, 6.07) is 14.8. The van der Waals surface area contributed by atoms with Gasteiger partial charge < -0.3 is 23.4 Å². The molecule has 1 aromatic heterocycles. The normalized spacial score (nSPS) is 11.3. The van der Waals surface area contributed by atoms with Crippen molar-refractivity contribution in [3.8, 4) is 5.75 Å². The fraction of sp³-hybridized carbons (Fsp3) is 0.296. The molecular formula is C27H27NO9. The Kier molecular flexibility index (Phi) is 9.15. The van der Waals surface area contributed by atoms with E-state index >= 15 is 0 Å². The molecule has 0 N–H and O–H groups in total. The van der Waals surface area contributed by atoms with Gasteiger partial charge in [0, 0.05) is 30.9 Å². The number of rotatable bonds is 11. The summed E-state index contributed by atoms with van der Waals surface area (Å²) in [4.78, 5) is 54.1. The Morgan fingerprint density at radius 2 is 1.65 bits per heavy atom. The largest absolute Gasteiger partial charge is 0.479 e. The molecule has 0 fully saturated rings. The summed E-state index contributed by atoms with van der Waals surface area (Å²) in [5, 5.41) is 0.469. The van der Waals surface area contributed by atoms with E-state index in [-0.39, 0.29) is 36.7 Å². The number of fused-ring (bicyclic) bond motifs is 1. The molecule has 0 saturated carbocycles. The van der Waals surface area contributed by atoms with Gasteiger partial charge in [0.2, 0.25) is 0 Å². The van der Waals surface area contributed by atoms with Crippen LogP contribution in [0, 0.1) is 0 Å². The monoisotopic (exact) mass is 509 g/mol. The van der Waals surface area contributed by atoms with Gasteiger partial charge in [-0.1, -0.05) is 30.3 Å². The summed E-state index contributed by atoms with van der Waals surface area (Å²) < 4.78 is 26.4. The number of nitrogens with zero attached hydrogens (tertiary/aromatic N) is 1. The quantitative estimate of drug-likeness (QED) is 0.0953. The van der Waals surface area contributed by atoms with E-state index in [1.807, 2.05) is 30.3 Å². The SMILES string of the molecule is CCOC(=O)C(Cc1cc2ccc(=O)oc2cc1OC(C)=O)(N=COCc1ccccc1)C(=O)OCC. The predicted octanol–water partition coefficient (Wildman–Crippen LogP) is 3.37. The highest BCUT2D eigenvalue weighted by molar-refractivity contribution is 6.06. The van der Waals surface area contributed by atoms with Gasteiger partial charge in [-0.2, -0.15) is 0 Å². The second-order valence-electron chi connectivity index (χ2n) is 7.85. The number of carbonyl (C=O) groups excluding carboxylic acids is 3. The highest BCUT2D eigenvalue weighted by atomic mass is 16.6. The molecule has 37 heavy (non-hydrogen) atoms. The summed E-state index contributed by atoms with van der Waals surface area (Å²) >= 11 is 0. The van der Waals surface area contributed by atoms with Crippen molar-refractivity contribution >= 4 is 35.3 Å². The van der Waals surface area contributed by atoms with E-state index in [1.54, 1.807) is 13.8 Å². The zero-order valence-electron chi connectivity index (χ0n) is 20.7. The van der Waals surface area contributed by atoms with Crippen molar-refractivity contribution < 1.29 is 37.7 Å². The molecule has 0 aliphatic rings. The molecule has 3 rings (SSSR count). The molecule has 0 aliphatic carbocycles. The molecule has 10 nitrogen and oxygen atoms in total. The van der Waals surface area contributed by atoms with Crippen molar-refractivity contribution in [1.82, 2.24) is 0 Å². The highest BCUT2D eigenvalue weighted by Crippen LogP contribution is 2.32. The van der Waals surface area contributed by atoms with E-state index in [9.17, 15) is 19.2 Å². The van der Waals surface area contributed by atoms with Crippen molar-refractivity contribution in [3.63, 3.8) is 0 Å². The molecule has 0 radical (unpaired) electrons. The number of esters is 3. The van der Waals surface area contributed by atoms with E-state index < -0.39 is 35.5 Å². The first-order valence-corrected chi connectivity index (χ1v) is 11.6. The lowest BCUT2D eigenvalue weighted by Crippen LogP contribution is -2.49. The molecule has 194 valence electrons. The average Bonchev–Trinajstić information content (AvgIpc) is 2.86. The second-order valence-corrected chi connectivity index (χ2v) is 7.85. The van der Waals surface area contributed by atoms with Crippen molar-refractivity contribution in [2.75, 3.05) is 13.2 Å². The maximum absolute atomic E-state index is 13.2. The van der Waals surface area contributed by atoms with E-state index in [4.69, 9.17) is 23.4 Å². The van der Waals surface area contributed by atoms with Crippen LogP contribution in [-0.4, -0.2) is 43.1 Å². The zero-order chi connectivity index (χ0) is 26.8. The number of hydrogen-bond acceptors (Lipinski definition) is 10. The Balaban J connectivity index is 2.09. The van der Waals surface area contributed by atoms with E-state index in [1.165, 1.54) is 31.2 Å². The summed E-state index contributed by atoms with van der Waals surface area (Å²) in [7, 11) is 0. The summed E-state index contributed by atoms with van der Waals surface area (Å²) in [6.07, 6.45) is 0.611. The van der Waals surface area contributed by atoms with Crippen LogP contribution >= 0.6 is 0 Å². The Labute approximate surface area is 212 Å². The van der Waals surface area contributed by atoms with Crippen molar-refractivity contribution in [2.24, 2.45) is 4.99 Å². The topological polar surface area (TPSA) is 131 Å². The predicted molar refractivity (Wildman–Crippen MR) is 133 cm³/mol. The van der Waals surface area contributed by atoms with Crippen molar-refractivity contribution in [1.29, 1.82) is 0 Å². The maximum Gasteiger partial charge on any atom is 0.346 e. The van der Waals surface area contributed by atoms with Crippen molar-refractivity contribution in [3.05, 3.63) is 76.1 Å². The molecule has 0 unspecified atom stereocenters. The molecular weight excluding hydrogens is 482 g/mol. The standard InChI is InChI=1S/C27H27NO9/c1-4-34-25(31)27(26(32)35-5-2,28-17-33-16-19-9-7-6-8-10-19)15-21-13-20-11-12-24(30)37-22(20)14-23(21)36-18(3)29/h6-14,17H,4-5,15-16H2,1-3H3. The van der Waals surface area contributed by atoms with Gasteiger partial charge in [-0.05, 0) is 37.1 Å². The smallest absolute Gasteiger partial charge is 0.346 e. The lowest BCUT2D eigenvalue weighted by atomic mass is 9.90. The number of aliphatic imine (C=N–C) groups is 1. The molecule has 0 aliphatic heterocycles. The van der Waals surface area contributed by atoms with Crippen LogP contribution in [0.2, 0.25) is 0 Å². The minimum Gasteiger partial charge on any atom is -0.479 e. The lowest BCUT2D eigenvalue weighted by molar-refractivity contribution is -0.163. The number of carbonyl (C=O) groups is 3. The maximum atomic E-state index is 13.2. The van der Waals surface area contributed by atoms with Crippen LogP contribution in [0.5, 0.6) is 5.75 Å². The van der Waals surface area contributed by atoms with Crippen LogP contribution in [0.4, 0.5) is 0 Å². The Hall–Kier alpha value is -4.47. The first-order chi connectivity index (χ1) is 17.8. The van der Waals surface area contributed by atoms with Gasteiger partial charge in [0.1, 0.15) is 17.9 Å². The van der Waals surface area contributed by atoms with Crippen LogP contribution in [0.15, 0.2) is 68.8 Å². The molecule has 0 amide bonds. The fourth-order valence-corrected chi connectivity index (χ4v) is 3.52. The number of hydrogen-bond donors (Lipinski definition) is 0. The van der Waals surface area contributed by atoms with Gasteiger partial charge >= 0.3 is 23.5 Å². The van der Waals surface area contributed by atoms with Crippen molar-refractivity contribution in [2.45, 2.75) is 39.3 Å². The molecule has 0 spiro atoms.